The highest BCUT2D eigenvalue weighted by atomic mass is 79.9. The van der Waals surface area contributed by atoms with Crippen LogP contribution in [0.2, 0.25) is 0 Å². The molecule has 1 aliphatic heterocycles. The van der Waals surface area contributed by atoms with E-state index >= 15 is 0 Å². The van der Waals surface area contributed by atoms with Crippen LogP contribution in [0.25, 0.3) is 0 Å². The molecular weight excluding hydrogens is 388 g/mol. The van der Waals surface area contributed by atoms with Crippen LogP contribution in [0.3, 0.4) is 0 Å². The Kier molecular flexibility index (Phi) is 5.73. The van der Waals surface area contributed by atoms with Crippen LogP contribution in [-0.2, 0) is 20.0 Å². The van der Waals surface area contributed by atoms with E-state index in [-0.39, 0.29) is 18.7 Å². The van der Waals surface area contributed by atoms with Gasteiger partial charge in [0.25, 0.3) is 0 Å². The summed E-state index contributed by atoms with van der Waals surface area (Å²) in [6.07, 6.45) is -0.327. The van der Waals surface area contributed by atoms with Crippen LogP contribution in [-0.4, -0.2) is 37.7 Å². The van der Waals surface area contributed by atoms with Crippen LogP contribution in [0.1, 0.15) is 15.9 Å². The molecule has 0 N–H and O–H groups in total. The number of alkyl halides is 1. The maximum Gasteiger partial charge on any atom is 0.338 e. The van der Waals surface area contributed by atoms with E-state index in [1.54, 1.807) is 31.4 Å². The minimum absolute atomic E-state index is 0.138. The second-order valence-electron chi connectivity index (χ2n) is 5.63. The van der Waals surface area contributed by atoms with Gasteiger partial charge in [0.05, 0.1) is 24.6 Å². The third-order valence-electron chi connectivity index (χ3n) is 3.98. The summed E-state index contributed by atoms with van der Waals surface area (Å²) < 4.78 is 22.5. The molecule has 5 nitrogen and oxygen atoms in total. The molecule has 0 spiro atoms. The zero-order valence-electron chi connectivity index (χ0n) is 13.8. The molecule has 0 bridgehead atoms. The zero-order valence-corrected chi connectivity index (χ0v) is 15.4. The van der Waals surface area contributed by atoms with Gasteiger partial charge < -0.3 is 18.9 Å². The summed E-state index contributed by atoms with van der Waals surface area (Å²) in [5.41, 5.74) is 1.39. The van der Waals surface area contributed by atoms with E-state index in [0.717, 1.165) is 11.3 Å². The van der Waals surface area contributed by atoms with Gasteiger partial charge in [-0.1, -0.05) is 34.1 Å². The first-order valence-electron chi connectivity index (χ1n) is 7.91. The van der Waals surface area contributed by atoms with Crippen LogP contribution in [0.5, 0.6) is 5.75 Å². The Bertz CT molecular complexity index is 704. The Morgan fingerprint density at radius 1 is 1.20 bits per heavy atom. The number of halogens is 1. The fourth-order valence-electron chi connectivity index (χ4n) is 2.62. The fourth-order valence-corrected chi connectivity index (χ4v) is 3.23. The number of carbonyl (C=O) groups is 1. The second kappa shape index (κ2) is 7.99. The van der Waals surface area contributed by atoms with Crippen LogP contribution in [0.15, 0.2) is 54.6 Å². The number of hydrogen-bond acceptors (Lipinski definition) is 5. The minimum atomic E-state index is -0.893. The van der Waals surface area contributed by atoms with Gasteiger partial charge in [-0.3, -0.25) is 0 Å². The SMILES string of the molecule is COc1ccc(C2(CBr)OCC(COC(=O)c3ccccc3)O2)cc1. The molecule has 3 rings (SSSR count). The van der Waals surface area contributed by atoms with E-state index in [0.29, 0.717) is 17.5 Å². The number of carbonyl (C=O) groups excluding carboxylic acids is 1. The minimum Gasteiger partial charge on any atom is -0.497 e. The summed E-state index contributed by atoms with van der Waals surface area (Å²) in [6.45, 7) is 0.484. The molecule has 2 aromatic carbocycles. The highest BCUT2D eigenvalue weighted by Crippen LogP contribution is 2.36. The van der Waals surface area contributed by atoms with E-state index in [2.05, 4.69) is 15.9 Å². The zero-order chi connectivity index (χ0) is 17.7. The number of methoxy groups -OCH3 is 1. The van der Waals surface area contributed by atoms with Gasteiger partial charge in [0.15, 0.2) is 0 Å². The average molecular weight is 407 g/mol. The fraction of sp³-hybridized carbons (Fsp3) is 0.316. The Morgan fingerprint density at radius 3 is 2.56 bits per heavy atom. The van der Waals surface area contributed by atoms with Crippen molar-refractivity contribution >= 4 is 21.9 Å². The molecule has 25 heavy (non-hydrogen) atoms. The molecule has 2 atom stereocenters. The normalized spacial score (nSPS) is 22.6. The van der Waals surface area contributed by atoms with Crippen molar-refractivity contribution in [3.8, 4) is 5.75 Å². The Labute approximate surface area is 155 Å². The molecule has 0 saturated carbocycles. The van der Waals surface area contributed by atoms with Crippen molar-refractivity contribution in [2.75, 3.05) is 25.7 Å². The van der Waals surface area contributed by atoms with E-state index in [1.807, 2.05) is 30.3 Å². The lowest BCUT2D eigenvalue weighted by Gasteiger charge is -2.26. The van der Waals surface area contributed by atoms with Gasteiger partial charge in [-0.25, -0.2) is 4.79 Å². The molecule has 2 unspecified atom stereocenters. The molecule has 0 amide bonds. The molecule has 1 heterocycles. The number of benzene rings is 2. The molecule has 0 aliphatic carbocycles. The van der Waals surface area contributed by atoms with Crippen LogP contribution < -0.4 is 4.74 Å². The lowest BCUT2D eigenvalue weighted by atomic mass is 10.1. The first-order chi connectivity index (χ1) is 12.2. The summed E-state index contributed by atoms with van der Waals surface area (Å²) in [5, 5.41) is 0.468. The van der Waals surface area contributed by atoms with Gasteiger partial charge in [0.1, 0.15) is 18.5 Å². The maximum absolute atomic E-state index is 12.0. The van der Waals surface area contributed by atoms with E-state index < -0.39 is 5.79 Å². The lowest BCUT2D eigenvalue weighted by Crippen LogP contribution is -2.31. The largest absolute Gasteiger partial charge is 0.497 e. The van der Waals surface area contributed by atoms with Crippen molar-refractivity contribution < 1.29 is 23.7 Å². The van der Waals surface area contributed by atoms with Crippen molar-refractivity contribution in [1.29, 1.82) is 0 Å². The highest BCUT2D eigenvalue weighted by molar-refractivity contribution is 9.09. The van der Waals surface area contributed by atoms with Crippen LogP contribution in [0, 0.1) is 0 Å². The maximum atomic E-state index is 12.0. The Hall–Kier alpha value is -1.89. The van der Waals surface area contributed by atoms with E-state index in [9.17, 15) is 4.79 Å². The summed E-state index contributed by atoms with van der Waals surface area (Å²) >= 11 is 3.46. The van der Waals surface area contributed by atoms with E-state index in [1.165, 1.54) is 0 Å². The van der Waals surface area contributed by atoms with Gasteiger partial charge in [-0.15, -0.1) is 0 Å². The summed E-state index contributed by atoms with van der Waals surface area (Å²) in [5.74, 6) is -0.499. The van der Waals surface area contributed by atoms with Crippen molar-refractivity contribution in [3.05, 3.63) is 65.7 Å². The topological polar surface area (TPSA) is 54.0 Å². The van der Waals surface area contributed by atoms with Gasteiger partial charge >= 0.3 is 5.97 Å². The van der Waals surface area contributed by atoms with Crippen LogP contribution in [0.4, 0.5) is 0 Å². The standard InChI is InChI=1S/C19H19BrO5/c1-22-16-9-7-15(8-10-16)19(13-20)24-12-17(25-19)11-23-18(21)14-5-3-2-4-6-14/h2-10,17H,11-13H2,1H3. The predicted octanol–water partition coefficient (Wildman–Crippen LogP) is 3.52. The van der Waals surface area contributed by atoms with Crippen molar-refractivity contribution in [1.82, 2.24) is 0 Å². The molecule has 1 aliphatic rings. The smallest absolute Gasteiger partial charge is 0.338 e. The molecule has 1 fully saturated rings. The highest BCUT2D eigenvalue weighted by Gasteiger charge is 2.42. The van der Waals surface area contributed by atoms with Gasteiger partial charge in [0, 0.05) is 5.56 Å². The Balaban J connectivity index is 1.61. The monoisotopic (exact) mass is 406 g/mol. The summed E-state index contributed by atoms with van der Waals surface area (Å²) in [6, 6.07) is 16.4. The summed E-state index contributed by atoms with van der Waals surface area (Å²) in [4.78, 5) is 12.0. The first-order valence-corrected chi connectivity index (χ1v) is 9.03. The lowest BCUT2D eigenvalue weighted by molar-refractivity contribution is -0.160. The first kappa shape index (κ1) is 17.9. The summed E-state index contributed by atoms with van der Waals surface area (Å²) in [7, 11) is 1.62. The van der Waals surface area contributed by atoms with Gasteiger partial charge in [-0.2, -0.15) is 0 Å². The van der Waals surface area contributed by atoms with Crippen LogP contribution >= 0.6 is 15.9 Å². The molecular formula is C19H19BrO5. The van der Waals surface area contributed by atoms with Crippen molar-refractivity contribution in [3.63, 3.8) is 0 Å². The van der Waals surface area contributed by atoms with Gasteiger partial charge in [0.2, 0.25) is 5.79 Å². The molecule has 2 aromatic rings. The second-order valence-corrected chi connectivity index (χ2v) is 6.19. The van der Waals surface area contributed by atoms with Gasteiger partial charge in [-0.05, 0) is 36.4 Å². The quantitative estimate of drug-likeness (QED) is 0.542. The number of rotatable bonds is 6. The molecule has 1 saturated heterocycles. The van der Waals surface area contributed by atoms with Crippen molar-refractivity contribution in [2.45, 2.75) is 11.9 Å². The number of hydrogen-bond donors (Lipinski definition) is 0. The molecule has 6 heteroatoms. The Morgan fingerprint density at radius 2 is 1.92 bits per heavy atom. The van der Waals surface area contributed by atoms with Crippen molar-refractivity contribution in [2.24, 2.45) is 0 Å². The average Bonchev–Trinajstić information content (AvgIpc) is 3.11. The molecule has 0 radical (unpaired) electrons. The molecule has 132 valence electrons. The number of esters is 1. The third-order valence-corrected chi connectivity index (χ3v) is 4.71. The molecule has 0 aromatic heterocycles. The number of ether oxygens (including phenoxy) is 4. The van der Waals surface area contributed by atoms with E-state index in [4.69, 9.17) is 18.9 Å². The predicted molar refractivity (Wildman–Crippen MR) is 96.0 cm³/mol. The third kappa shape index (κ3) is 4.03.